The summed E-state index contributed by atoms with van der Waals surface area (Å²) in [5.41, 5.74) is 0.183. The highest BCUT2D eigenvalue weighted by Gasteiger charge is 2.22. The van der Waals surface area contributed by atoms with Crippen molar-refractivity contribution in [1.29, 1.82) is 0 Å². The van der Waals surface area contributed by atoms with Crippen molar-refractivity contribution in [2.75, 3.05) is 18.4 Å². The molecule has 2 rings (SSSR count). The Kier molecular flexibility index (Phi) is 6.01. The largest absolute Gasteiger partial charge is 0.358 e. The number of nitrogens with one attached hydrogen (secondary N) is 1. The molecule has 0 radical (unpaired) electrons. The first-order chi connectivity index (χ1) is 9.97. The average molecular weight is 391 g/mol. The van der Waals surface area contributed by atoms with Gasteiger partial charge in [0.1, 0.15) is 10.1 Å². The van der Waals surface area contributed by atoms with Crippen LogP contribution in [0.25, 0.3) is 0 Å². The smallest absolute Gasteiger partial charge is 0.237 e. The summed E-state index contributed by atoms with van der Waals surface area (Å²) >= 11 is 9.87. The van der Waals surface area contributed by atoms with Crippen LogP contribution in [0.1, 0.15) is 19.8 Å². The fourth-order valence-corrected chi connectivity index (χ4v) is 3.75. The molecule has 3 nitrogen and oxygen atoms in total. The third-order valence-electron chi connectivity index (χ3n) is 3.20. The highest BCUT2D eigenvalue weighted by Crippen LogP contribution is 2.23. The van der Waals surface area contributed by atoms with E-state index in [1.807, 2.05) is 0 Å². The van der Waals surface area contributed by atoms with Crippen molar-refractivity contribution >= 4 is 55.8 Å². The number of benzene rings is 1. The van der Waals surface area contributed by atoms with E-state index >= 15 is 0 Å². The standard InChI is InChI=1S/C14H16BrFN2OS2/c1-9(21-14(20)18-6-2-3-7-18)13(19)17-12-5-4-10(15)8-11(12)16/h4-5,8-9H,2-3,6-7H2,1H3,(H,17,19)/t9-/m1/s1. The van der Waals surface area contributed by atoms with Crippen molar-refractivity contribution in [2.45, 2.75) is 25.0 Å². The number of halogens is 2. The summed E-state index contributed by atoms with van der Waals surface area (Å²) in [6, 6.07) is 4.54. The second-order valence-corrected chi connectivity index (χ2v) is 7.72. The predicted octanol–water partition coefficient (Wildman–Crippen LogP) is 4.03. The van der Waals surface area contributed by atoms with Crippen molar-refractivity contribution in [1.82, 2.24) is 4.90 Å². The molecule has 0 spiro atoms. The van der Waals surface area contributed by atoms with Crippen LogP contribution >= 0.6 is 39.9 Å². The first-order valence-electron chi connectivity index (χ1n) is 6.69. The molecule has 1 aliphatic rings. The number of nitrogens with zero attached hydrogens (tertiary/aromatic N) is 1. The topological polar surface area (TPSA) is 32.3 Å². The molecule has 1 atom stereocenters. The van der Waals surface area contributed by atoms with Gasteiger partial charge >= 0.3 is 0 Å². The molecule has 1 aromatic rings. The molecule has 1 fully saturated rings. The Morgan fingerprint density at radius 1 is 1.48 bits per heavy atom. The van der Waals surface area contributed by atoms with Crippen LogP contribution in [0.2, 0.25) is 0 Å². The minimum atomic E-state index is -0.461. The maximum Gasteiger partial charge on any atom is 0.237 e. The number of hydrogen-bond acceptors (Lipinski definition) is 3. The molecule has 0 bridgehead atoms. The number of thiocarbonyl (C=S) groups is 1. The molecule has 1 saturated heterocycles. The molecule has 1 aliphatic heterocycles. The molecule has 1 amide bonds. The lowest BCUT2D eigenvalue weighted by molar-refractivity contribution is -0.115. The van der Waals surface area contributed by atoms with Crippen molar-refractivity contribution in [2.24, 2.45) is 0 Å². The number of hydrogen-bond donors (Lipinski definition) is 1. The number of amides is 1. The molecule has 1 heterocycles. The van der Waals surface area contributed by atoms with Gasteiger partial charge in [-0.2, -0.15) is 0 Å². The zero-order valence-corrected chi connectivity index (χ0v) is 14.8. The minimum Gasteiger partial charge on any atom is -0.358 e. The molecule has 114 valence electrons. The summed E-state index contributed by atoms with van der Waals surface area (Å²) in [6.07, 6.45) is 2.29. The third kappa shape index (κ3) is 4.66. The first-order valence-corrected chi connectivity index (χ1v) is 8.77. The van der Waals surface area contributed by atoms with Crippen molar-refractivity contribution in [3.63, 3.8) is 0 Å². The molecule has 0 unspecified atom stereocenters. The van der Waals surface area contributed by atoms with Gasteiger partial charge in [-0.05, 0) is 38.0 Å². The maximum atomic E-state index is 13.7. The molecule has 0 aromatic heterocycles. The van der Waals surface area contributed by atoms with Gasteiger partial charge in [-0.25, -0.2) is 4.39 Å². The van der Waals surface area contributed by atoms with E-state index in [1.165, 1.54) is 23.9 Å². The molecular formula is C14H16BrFN2OS2. The van der Waals surface area contributed by atoms with Crippen LogP contribution in [0.5, 0.6) is 0 Å². The molecule has 0 aliphatic carbocycles. The number of carbonyl (C=O) groups is 1. The lowest BCUT2D eigenvalue weighted by atomic mass is 10.3. The fourth-order valence-electron chi connectivity index (χ4n) is 2.00. The van der Waals surface area contributed by atoms with E-state index in [1.54, 1.807) is 13.0 Å². The molecule has 1 aromatic carbocycles. The summed E-state index contributed by atoms with van der Waals surface area (Å²) in [5, 5.41) is 2.24. The number of thioether (sulfide) groups is 1. The SMILES string of the molecule is C[C@@H](SC(=S)N1CCCC1)C(=O)Nc1ccc(Br)cc1F. The van der Waals surface area contributed by atoms with E-state index in [0.29, 0.717) is 4.47 Å². The highest BCUT2D eigenvalue weighted by molar-refractivity contribution is 9.10. The lowest BCUT2D eigenvalue weighted by Gasteiger charge is -2.20. The predicted molar refractivity (Wildman–Crippen MR) is 93.2 cm³/mol. The van der Waals surface area contributed by atoms with Crippen LogP contribution < -0.4 is 5.32 Å². The van der Waals surface area contributed by atoms with Gasteiger partial charge in [0.05, 0.1) is 10.9 Å². The van der Waals surface area contributed by atoms with Crippen LogP contribution in [0.15, 0.2) is 22.7 Å². The van der Waals surface area contributed by atoms with Crippen molar-refractivity contribution < 1.29 is 9.18 Å². The number of anilines is 1. The van der Waals surface area contributed by atoms with E-state index in [4.69, 9.17) is 12.2 Å². The summed E-state index contributed by atoms with van der Waals surface area (Å²) in [6.45, 7) is 3.70. The zero-order valence-electron chi connectivity index (χ0n) is 11.6. The van der Waals surface area contributed by atoms with Crippen molar-refractivity contribution in [3.05, 3.63) is 28.5 Å². The summed E-state index contributed by atoms with van der Waals surface area (Å²) in [7, 11) is 0. The van der Waals surface area contributed by atoms with Crippen LogP contribution in [0, 0.1) is 5.82 Å². The molecule has 21 heavy (non-hydrogen) atoms. The average Bonchev–Trinajstić information content (AvgIpc) is 2.95. The summed E-state index contributed by atoms with van der Waals surface area (Å²) in [5.74, 6) is -0.709. The van der Waals surface area contributed by atoms with Crippen LogP contribution in [-0.4, -0.2) is 33.5 Å². The number of rotatable bonds is 3. The van der Waals surface area contributed by atoms with E-state index in [-0.39, 0.29) is 16.8 Å². The molecule has 0 saturated carbocycles. The second kappa shape index (κ2) is 7.56. The van der Waals surface area contributed by atoms with Crippen molar-refractivity contribution in [3.8, 4) is 0 Å². The zero-order chi connectivity index (χ0) is 15.4. The van der Waals surface area contributed by atoms with Gasteiger partial charge in [0.25, 0.3) is 0 Å². The maximum absolute atomic E-state index is 13.7. The van der Waals surface area contributed by atoms with Gasteiger partial charge in [0.2, 0.25) is 5.91 Å². The Balaban J connectivity index is 1.91. The normalized spacial score (nSPS) is 15.9. The Labute approximate surface area is 141 Å². The Hall–Kier alpha value is -0.660. The summed E-state index contributed by atoms with van der Waals surface area (Å²) in [4.78, 5) is 14.2. The first kappa shape index (κ1) is 16.7. The van der Waals surface area contributed by atoms with Gasteiger partial charge in [0, 0.05) is 17.6 Å². The monoisotopic (exact) mass is 390 g/mol. The van der Waals surface area contributed by atoms with E-state index in [9.17, 15) is 9.18 Å². The van der Waals surface area contributed by atoms with Gasteiger partial charge in [-0.3, -0.25) is 4.79 Å². The van der Waals surface area contributed by atoms with Crippen LogP contribution in [0.3, 0.4) is 0 Å². The van der Waals surface area contributed by atoms with E-state index in [2.05, 4.69) is 26.1 Å². The Morgan fingerprint density at radius 2 is 2.14 bits per heavy atom. The van der Waals surface area contributed by atoms with Gasteiger partial charge in [-0.15, -0.1) is 0 Å². The Morgan fingerprint density at radius 3 is 2.76 bits per heavy atom. The van der Waals surface area contributed by atoms with E-state index < -0.39 is 5.82 Å². The molecule has 7 heteroatoms. The number of likely N-dealkylation sites (tertiary alicyclic amines) is 1. The fraction of sp³-hybridized carbons (Fsp3) is 0.429. The summed E-state index contributed by atoms with van der Waals surface area (Å²) < 4.78 is 15.1. The van der Waals surface area contributed by atoms with Crippen LogP contribution in [0.4, 0.5) is 10.1 Å². The number of carbonyl (C=O) groups excluding carboxylic acids is 1. The van der Waals surface area contributed by atoms with Gasteiger partial charge in [-0.1, -0.05) is 39.9 Å². The second-order valence-electron chi connectivity index (χ2n) is 4.83. The van der Waals surface area contributed by atoms with E-state index in [0.717, 1.165) is 30.3 Å². The highest BCUT2D eigenvalue weighted by atomic mass is 79.9. The van der Waals surface area contributed by atoms with Gasteiger partial charge < -0.3 is 10.2 Å². The lowest BCUT2D eigenvalue weighted by Crippen LogP contribution is -2.29. The third-order valence-corrected chi connectivity index (χ3v) is 5.27. The van der Waals surface area contributed by atoms with Gasteiger partial charge in [0.15, 0.2) is 0 Å². The minimum absolute atomic E-state index is 0.183. The van der Waals surface area contributed by atoms with Crippen LogP contribution in [-0.2, 0) is 4.79 Å². The quantitative estimate of drug-likeness (QED) is 0.789. The molecular weight excluding hydrogens is 375 g/mol. The molecule has 1 N–H and O–H groups in total. The Bertz CT molecular complexity index is 550.